The Labute approximate surface area is 342 Å². The highest BCUT2D eigenvalue weighted by Crippen LogP contribution is 2.62. The van der Waals surface area contributed by atoms with E-state index >= 15 is 0 Å². The van der Waals surface area contributed by atoms with Gasteiger partial charge < -0.3 is 0 Å². The molecule has 8 aromatic carbocycles. The Morgan fingerprint density at radius 1 is 0.379 bits per heavy atom. The van der Waals surface area contributed by atoms with E-state index in [2.05, 4.69) is 152 Å². The lowest BCUT2D eigenvalue weighted by Crippen LogP contribution is -2.31. The SMILES string of the molecule is N#Cc1cccc(-c2ccc3c(c2)-c2cc(-c4cccc(-c5cc(-c6ccccc6)nc(-c6ccccc6)n5)c4)ccc2C32c3ccccc3Sc3ccccc32)c1. The highest BCUT2D eigenvalue weighted by atomic mass is 32.2. The molecular formula is C54H33N3S. The highest BCUT2D eigenvalue weighted by molar-refractivity contribution is 7.99. The first-order valence-corrected chi connectivity index (χ1v) is 20.3. The number of aromatic nitrogens is 2. The molecule has 0 bridgehead atoms. The first-order chi connectivity index (χ1) is 28.7. The molecule has 0 amide bonds. The van der Waals surface area contributed by atoms with Gasteiger partial charge in [-0.05, 0) is 104 Å². The van der Waals surface area contributed by atoms with Gasteiger partial charge in [0.15, 0.2) is 5.82 Å². The Hall–Kier alpha value is -7.32. The summed E-state index contributed by atoms with van der Waals surface area (Å²) >= 11 is 1.85. The van der Waals surface area contributed by atoms with Gasteiger partial charge in [0.25, 0.3) is 0 Å². The van der Waals surface area contributed by atoms with E-state index in [4.69, 9.17) is 9.97 Å². The molecule has 0 N–H and O–H groups in total. The molecule has 2 aliphatic rings. The van der Waals surface area contributed by atoms with Gasteiger partial charge in [-0.2, -0.15) is 5.26 Å². The summed E-state index contributed by atoms with van der Waals surface area (Å²) in [7, 11) is 0. The third kappa shape index (κ3) is 5.44. The maximum atomic E-state index is 9.75. The third-order valence-electron chi connectivity index (χ3n) is 11.6. The maximum Gasteiger partial charge on any atom is 0.160 e. The van der Waals surface area contributed by atoms with E-state index < -0.39 is 5.41 Å². The molecule has 0 unspecified atom stereocenters. The van der Waals surface area contributed by atoms with Crippen LogP contribution in [-0.2, 0) is 5.41 Å². The lowest BCUT2D eigenvalue weighted by atomic mass is 9.67. The Balaban J connectivity index is 1.11. The predicted octanol–water partition coefficient (Wildman–Crippen LogP) is 13.5. The molecule has 0 atom stereocenters. The monoisotopic (exact) mass is 755 g/mol. The zero-order valence-electron chi connectivity index (χ0n) is 31.3. The molecule has 0 saturated heterocycles. The molecule has 0 radical (unpaired) electrons. The van der Waals surface area contributed by atoms with Crippen molar-refractivity contribution < 1.29 is 0 Å². The van der Waals surface area contributed by atoms with Crippen molar-refractivity contribution in [1.29, 1.82) is 5.26 Å². The summed E-state index contributed by atoms with van der Waals surface area (Å²) < 4.78 is 0. The summed E-state index contributed by atoms with van der Waals surface area (Å²) in [4.78, 5) is 12.7. The van der Waals surface area contributed by atoms with Gasteiger partial charge >= 0.3 is 0 Å². The molecule has 0 saturated carbocycles. The van der Waals surface area contributed by atoms with Gasteiger partial charge in [0, 0.05) is 26.5 Å². The summed E-state index contributed by atoms with van der Waals surface area (Å²) in [6, 6.07) is 73.3. The van der Waals surface area contributed by atoms with Crippen molar-refractivity contribution >= 4 is 11.8 Å². The van der Waals surface area contributed by atoms with Crippen molar-refractivity contribution in [2.75, 3.05) is 0 Å². The molecule has 270 valence electrons. The minimum Gasteiger partial charge on any atom is -0.228 e. The van der Waals surface area contributed by atoms with Crippen LogP contribution in [0, 0.1) is 11.3 Å². The number of nitrogens with zero attached hydrogens (tertiary/aromatic N) is 3. The molecule has 1 spiro atoms. The fourth-order valence-electron chi connectivity index (χ4n) is 8.96. The molecule has 2 heterocycles. The van der Waals surface area contributed by atoms with Crippen LogP contribution >= 0.6 is 11.8 Å². The lowest BCUT2D eigenvalue weighted by molar-refractivity contribution is 0.722. The molecule has 1 aromatic heterocycles. The number of nitriles is 1. The van der Waals surface area contributed by atoms with Crippen molar-refractivity contribution in [2.45, 2.75) is 15.2 Å². The normalized spacial score (nSPS) is 12.9. The highest BCUT2D eigenvalue weighted by Gasteiger charge is 2.50. The third-order valence-corrected chi connectivity index (χ3v) is 12.7. The van der Waals surface area contributed by atoms with Crippen LogP contribution in [0.4, 0.5) is 0 Å². The van der Waals surface area contributed by atoms with E-state index in [1.54, 1.807) is 0 Å². The maximum absolute atomic E-state index is 9.75. The quantitative estimate of drug-likeness (QED) is 0.175. The molecule has 0 fully saturated rings. The van der Waals surface area contributed by atoms with Crippen LogP contribution in [-0.4, -0.2) is 9.97 Å². The van der Waals surface area contributed by atoms with Crippen molar-refractivity contribution in [3.63, 3.8) is 0 Å². The van der Waals surface area contributed by atoms with Crippen LogP contribution in [0.5, 0.6) is 0 Å². The van der Waals surface area contributed by atoms with Crippen LogP contribution in [0.3, 0.4) is 0 Å². The second kappa shape index (κ2) is 13.7. The minimum absolute atomic E-state index is 0.487. The van der Waals surface area contributed by atoms with Gasteiger partial charge in [0.2, 0.25) is 0 Å². The predicted molar refractivity (Wildman–Crippen MR) is 235 cm³/mol. The van der Waals surface area contributed by atoms with E-state index in [9.17, 15) is 5.26 Å². The standard InChI is InChI=1S/C54H33N3S/c55-34-35-13-11-18-38(29-35)40-25-27-45-43(31-40)44-32-41(26-28-46(44)54(45)47-21-7-9-23-51(47)58-52-24-10-8-22-48(52)54)39-19-12-20-42(30-39)50-33-49(36-14-3-1-4-15-36)56-53(57-50)37-16-5-2-6-17-37/h1-33H. The number of hydrogen-bond donors (Lipinski definition) is 0. The summed E-state index contributed by atoms with van der Waals surface area (Å²) in [6.07, 6.45) is 0. The number of hydrogen-bond acceptors (Lipinski definition) is 4. The van der Waals surface area contributed by atoms with E-state index in [1.807, 2.05) is 66.4 Å². The fraction of sp³-hybridized carbons (Fsp3) is 0.0185. The number of benzene rings is 8. The van der Waals surface area contributed by atoms with Crippen molar-refractivity contribution in [3.8, 4) is 73.4 Å². The van der Waals surface area contributed by atoms with E-state index in [0.717, 1.165) is 50.3 Å². The van der Waals surface area contributed by atoms with Crippen molar-refractivity contribution in [2.24, 2.45) is 0 Å². The number of fused-ring (bicyclic) bond motifs is 9. The Morgan fingerprint density at radius 3 is 1.48 bits per heavy atom. The lowest BCUT2D eigenvalue weighted by Gasteiger charge is -2.39. The molecule has 4 heteroatoms. The van der Waals surface area contributed by atoms with Crippen LogP contribution in [0.1, 0.15) is 27.8 Å². The Morgan fingerprint density at radius 2 is 0.862 bits per heavy atom. The Bertz CT molecular complexity index is 3010. The second-order valence-electron chi connectivity index (χ2n) is 14.8. The van der Waals surface area contributed by atoms with Crippen LogP contribution in [0.15, 0.2) is 210 Å². The van der Waals surface area contributed by atoms with Crippen LogP contribution in [0.2, 0.25) is 0 Å². The largest absolute Gasteiger partial charge is 0.228 e. The second-order valence-corrected chi connectivity index (χ2v) is 15.9. The molecular weight excluding hydrogens is 723 g/mol. The van der Waals surface area contributed by atoms with E-state index in [1.165, 1.54) is 43.2 Å². The van der Waals surface area contributed by atoms with E-state index in [-0.39, 0.29) is 0 Å². The van der Waals surface area contributed by atoms with Crippen molar-refractivity contribution in [3.05, 3.63) is 228 Å². The average molecular weight is 756 g/mol. The summed E-state index contributed by atoms with van der Waals surface area (Å²) in [5.74, 6) is 0.698. The summed E-state index contributed by atoms with van der Waals surface area (Å²) in [5.41, 5.74) is 16.9. The van der Waals surface area contributed by atoms with Gasteiger partial charge in [-0.3, -0.25) is 0 Å². The Kier molecular flexibility index (Phi) is 8.03. The molecule has 58 heavy (non-hydrogen) atoms. The molecule has 11 rings (SSSR count). The minimum atomic E-state index is -0.487. The zero-order chi connectivity index (χ0) is 38.6. The van der Waals surface area contributed by atoms with Gasteiger partial charge in [-0.1, -0.05) is 163 Å². The smallest absolute Gasteiger partial charge is 0.160 e. The topological polar surface area (TPSA) is 49.6 Å². The first-order valence-electron chi connectivity index (χ1n) is 19.4. The van der Waals surface area contributed by atoms with Crippen LogP contribution in [0.25, 0.3) is 67.3 Å². The van der Waals surface area contributed by atoms with Crippen LogP contribution < -0.4 is 0 Å². The van der Waals surface area contributed by atoms with Gasteiger partial charge in [-0.25, -0.2) is 9.97 Å². The summed E-state index contributed by atoms with van der Waals surface area (Å²) in [5, 5.41) is 9.75. The molecule has 3 nitrogen and oxygen atoms in total. The zero-order valence-corrected chi connectivity index (χ0v) is 32.1. The molecule has 9 aromatic rings. The molecule has 1 aliphatic carbocycles. The van der Waals surface area contributed by atoms with Gasteiger partial charge in [-0.15, -0.1) is 0 Å². The van der Waals surface area contributed by atoms with Crippen molar-refractivity contribution in [1.82, 2.24) is 9.97 Å². The summed E-state index contributed by atoms with van der Waals surface area (Å²) in [6.45, 7) is 0. The first kappa shape index (κ1) is 34.0. The van der Waals surface area contributed by atoms with Gasteiger partial charge in [0.05, 0.1) is 28.4 Å². The van der Waals surface area contributed by atoms with E-state index in [0.29, 0.717) is 11.4 Å². The fourth-order valence-corrected chi connectivity index (χ4v) is 10.2. The average Bonchev–Trinajstić information content (AvgIpc) is 3.58. The number of rotatable bonds is 5. The van der Waals surface area contributed by atoms with Gasteiger partial charge in [0.1, 0.15) is 0 Å². The molecule has 1 aliphatic heterocycles.